The van der Waals surface area contributed by atoms with E-state index in [1.54, 1.807) is 30.3 Å². The maximum absolute atomic E-state index is 13.1. The minimum Gasteiger partial charge on any atom is -0.486 e. The molecular formula is C13H8BrCl2FO. The van der Waals surface area contributed by atoms with Crippen LogP contribution in [0.2, 0.25) is 10.0 Å². The van der Waals surface area contributed by atoms with Crippen molar-refractivity contribution in [2.75, 3.05) is 0 Å². The van der Waals surface area contributed by atoms with Crippen molar-refractivity contribution in [1.29, 1.82) is 0 Å². The number of halogens is 4. The maximum Gasteiger partial charge on any atom is 0.156 e. The quantitative estimate of drug-likeness (QED) is 0.713. The van der Waals surface area contributed by atoms with E-state index in [1.165, 1.54) is 6.07 Å². The number of rotatable bonds is 3. The first-order valence-electron chi connectivity index (χ1n) is 5.08. The van der Waals surface area contributed by atoms with Crippen molar-refractivity contribution in [1.82, 2.24) is 0 Å². The Hall–Kier alpha value is -0.770. The van der Waals surface area contributed by atoms with Crippen LogP contribution in [0.15, 0.2) is 40.9 Å². The SMILES string of the molecule is Fc1ccc(COc2c(Cl)cccc2Cl)cc1Br. The highest BCUT2D eigenvalue weighted by molar-refractivity contribution is 9.10. The lowest BCUT2D eigenvalue weighted by Gasteiger charge is -2.10. The molecule has 0 fully saturated rings. The molecule has 0 N–H and O–H groups in total. The van der Waals surface area contributed by atoms with Gasteiger partial charge < -0.3 is 4.74 Å². The molecule has 0 saturated carbocycles. The zero-order valence-corrected chi connectivity index (χ0v) is 12.2. The van der Waals surface area contributed by atoms with Crippen molar-refractivity contribution in [2.24, 2.45) is 0 Å². The maximum atomic E-state index is 13.1. The molecule has 0 radical (unpaired) electrons. The van der Waals surface area contributed by atoms with Gasteiger partial charge in [-0.2, -0.15) is 0 Å². The zero-order valence-electron chi connectivity index (χ0n) is 9.09. The third kappa shape index (κ3) is 3.16. The highest BCUT2D eigenvalue weighted by Crippen LogP contribution is 2.33. The molecular weight excluding hydrogens is 342 g/mol. The van der Waals surface area contributed by atoms with Gasteiger partial charge in [0.05, 0.1) is 14.5 Å². The van der Waals surface area contributed by atoms with Crippen LogP contribution >= 0.6 is 39.1 Å². The summed E-state index contributed by atoms with van der Waals surface area (Å²) in [6, 6.07) is 9.81. The van der Waals surface area contributed by atoms with E-state index in [9.17, 15) is 4.39 Å². The average Bonchev–Trinajstić information content (AvgIpc) is 2.33. The summed E-state index contributed by atoms with van der Waals surface area (Å²) in [5.74, 6) is 0.121. The molecule has 0 aliphatic heterocycles. The Labute approximate surface area is 123 Å². The van der Waals surface area contributed by atoms with Crippen LogP contribution in [0, 0.1) is 5.82 Å². The summed E-state index contributed by atoms with van der Waals surface area (Å²) in [6.07, 6.45) is 0. The molecule has 0 aliphatic carbocycles. The number of hydrogen-bond acceptors (Lipinski definition) is 1. The normalized spacial score (nSPS) is 10.4. The Kier molecular flexibility index (Phi) is 4.49. The standard InChI is InChI=1S/C13H8BrCl2FO/c14-9-6-8(4-5-12(9)17)7-18-13-10(15)2-1-3-11(13)16/h1-6H,7H2. The molecule has 0 spiro atoms. The summed E-state index contributed by atoms with van der Waals surface area (Å²) in [5.41, 5.74) is 0.819. The number of benzene rings is 2. The lowest BCUT2D eigenvalue weighted by Crippen LogP contribution is -1.97. The first-order valence-corrected chi connectivity index (χ1v) is 6.63. The summed E-state index contributed by atoms with van der Waals surface area (Å²) in [5, 5.41) is 0.896. The predicted molar refractivity (Wildman–Crippen MR) is 74.9 cm³/mol. The van der Waals surface area contributed by atoms with Crippen molar-refractivity contribution in [3.63, 3.8) is 0 Å². The van der Waals surface area contributed by atoms with E-state index in [0.717, 1.165) is 5.56 Å². The van der Waals surface area contributed by atoms with Gasteiger partial charge in [-0.1, -0.05) is 35.3 Å². The van der Waals surface area contributed by atoms with Gasteiger partial charge in [0.2, 0.25) is 0 Å². The Balaban J connectivity index is 2.14. The molecule has 0 aromatic heterocycles. The molecule has 0 saturated heterocycles. The van der Waals surface area contributed by atoms with Crippen molar-refractivity contribution in [2.45, 2.75) is 6.61 Å². The van der Waals surface area contributed by atoms with Gasteiger partial charge >= 0.3 is 0 Å². The lowest BCUT2D eigenvalue weighted by molar-refractivity contribution is 0.306. The van der Waals surface area contributed by atoms with E-state index in [2.05, 4.69) is 15.9 Å². The minimum atomic E-state index is -0.311. The van der Waals surface area contributed by atoms with E-state index in [0.29, 0.717) is 20.3 Å². The Bertz CT molecular complexity index is 555. The third-order valence-electron chi connectivity index (χ3n) is 2.29. The van der Waals surface area contributed by atoms with Crippen LogP contribution in [0.5, 0.6) is 5.75 Å². The van der Waals surface area contributed by atoms with Crippen LogP contribution in [-0.4, -0.2) is 0 Å². The molecule has 94 valence electrons. The summed E-state index contributed by atoms with van der Waals surface area (Å²) >= 11 is 15.1. The Morgan fingerprint density at radius 2 is 1.78 bits per heavy atom. The molecule has 5 heteroatoms. The monoisotopic (exact) mass is 348 g/mol. The predicted octanol–water partition coefficient (Wildman–Crippen LogP) is 5.47. The van der Waals surface area contributed by atoms with Crippen LogP contribution in [0.4, 0.5) is 4.39 Å². The second kappa shape index (κ2) is 5.91. The van der Waals surface area contributed by atoms with Crippen molar-refractivity contribution in [3.05, 3.63) is 62.3 Å². The molecule has 2 rings (SSSR count). The lowest BCUT2D eigenvalue weighted by atomic mass is 10.2. The second-order valence-corrected chi connectivity index (χ2v) is 5.26. The van der Waals surface area contributed by atoms with Crippen LogP contribution in [-0.2, 0) is 6.61 Å². The van der Waals surface area contributed by atoms with Crippen molar-refractivity contribution >= 4 is 39.1 Å². The van der Waals surface area contributed by atoms with Gasteiger partial charge in [0.15, 0.2) is 5.75 Å². The van der Waals surface area contributed by atoms with E-state index < -0.39 is 0 Å². The topological polar surface area (TPSA) is 9.23 Å². The van der Waals surface area contributed by atoms with Gasteiger partial charge in [0.1, 0.15) is 12.4 Å². The Morgan fingerprint density at radius 3 is 2.39 bits per heavy atom. The second-order valence-electron chi connectivity index (χ2n) is 3.59. The number of ether oxygens (including phenoxy) is 1. The van der Waals surface area contributed by atoms with Gasteiger partial charge in [-0.05, 0) is 45.8 Å². The smallest absolute Gasteiger partial charge is 0.156 e. The van der Waals surface area contributed by atoms with Crippen LogP contribution in [0.1, 0.15) is 5.56 Å². The molecule has 0 unspecified atom stereocenters. The molecule has 2 aromatic rings. The van der Waals surface area contributed by atoms with Gasteiger partial charge in [-0.3, -0.25) is 0 Å². The first-order chi connectivity index (χ1) is 8.58. The van der Waals surface area contributed by atoms with E-state index in [-0.39, 0.29) is 12.4 Å². The molecule has 0 heterocycles. The van der Waals surface area contributed by atoms with Crippen LogP contribution in [0.25, 0.3) is 0 Å². The van der Waals surface area contributed by atoms with E-state index in [1.807, 2.05) is 0 Å². The van der Waals surface area contributed by atoms with Gasteiger partial charge in [-0.15, -0.1) is 0 Å². The Morgan fingerprint density at radius 1 is 1.11 bits per heavy atom. The summed E-state index contributed by atoms with van der Waals surface area (Å²) in [7, 11) is 0. The first kappa shape index (κ1) is 13.7. The summed E-state index contributed by atoms with van der Waals surface area (Å²) in [4.78, 5) is 0. The average molecular weight is 350 g/mol. The number of para-hydroxylation sites is 1. The van der Waals surface area contributed by atoms with Gasteiger partial charge in [0, 0.05) is 0 Å². The van der Waals surface area contributed by atoms with E-state index >= 15 is 0 Å². The van der Waals surface area contributed by atoms with Gasteiger partial charge in [0.25, 0.3) is 0 Å². The minimum absolute atomic E-state index is 0.266. The third-order valence-corrected chi connectivity index (χ3v) is 3.49. The largest absolute Gasteiger partial charge is 0.486 e. The fourth-order valence-electron chi connectivity index (χ4n) is 1.41. The highest BCUT2D eigenvalue weighted by Gasteiger charge is 2.07. The van der Waals surface area contributed by atoms with Crippen LogP contribution in [0.3, 0.4) is 0 Å². The summed E-state index contributed by atoms with van der Waals surface area (Å²) < 4.78 is 19.0. The summed E-state index contributed by atoms with van der Waals surface area (Å²) in [6.45, 7) is 0.266. The number of hydrogen-bond donors (Lipinski definition) is 0. The highest BCUT2D eigenvalue weighted by atomic mass is 79.9. The fraction of sp³-hybridized carbons (Fsp3) is 0.0769. The van der Waals surface area contributed by atoms with Crippen LogP contribution < -0.4 is 4.74 Å². The molecule has 2 aromatic carbocycles. The van der Waals surface area contributed by atoms with Gasteiger partial charge in [-0.25, -0.2) is 4.39 Å². The van der Waals surface area contributed by atoms with Crippen molar-refractivity contribution < 1.29 is 9.13 Å². The van der Waals surface area contributed by atoms with Crippen molar-refractivity contribution in [3.8, 4) is 5.75 Å². The zero-order chi connectivity index (χ0) is 13.1. The van der Waals surface area contributed by atoms with E-state index in [4.69, 9.17) is 27.9 Å². The molecule has 0 bridgehead atoms. The molecule has 0 aliphatic rings. The molecule has 1 nitrogen and oxygen atoms in total. The molecule has 18 heavy (non-hydrogen) atoms. The fourth-order valence-corrected chi connectivity index (χ4v) is 2.34. The molecule has 0 amide bonds. The molecule has 0 atom stereocenters.